The van der Waals surface area contributed by atoms with Crippen LogP contribution in [0.1, 0.15) is 30.0 Å². The van der Waals surface area contributed by atoms with E-state index in [1.807, 2.05) is 30.3 Å². The fraction of sp³-hybridized carbons (Fsp3) is 0.318. The fourth-order valence-corrected chi connectivity index (χ4v) is 2.88. The summed E-state index contributed by atoms with van der Waals surface area (Å²) >= 11 is 0. The van der Waals surface area contributed by atoms with Crippen LogP contribution in [0.2, 0.25) is 0 Å². The first-order chi connectivity index (χ1) is 14.3. The van der Waals surface area contributed by atoms with E-state index in [2.05, 4.69) is 10.6 Å². The zero-order valence-corrected chi connectivity index (χ0v) is 17.3. The van der Waals surface area contributed by atoms with Gasteiger partial charge in [0.05, 0.1) is 13.2 Å². The summed E-state index contributed by atoms with van der Waals surface area (Å²) in [6.07, 6.45) is 1.18. The van der Waals surface area contributed by atoms with Crippen LogP contribution < -0.4 is 26.8 Å². The van der Waals surface area contributed by atoms with E-state index >= 15 is 0 Å². The van der Waals surface area contributed by atoms with Gasteiger partial charge in [0, 0.05) is 17.7 Å². The molecule has 30 heavy (non-hydrogen) atoms. The molecule has 0 heterocycles. The molecule has 2 atom stereocenters. The van der Waals surface area contributed by atoms with Crippen LogP contribution in [0.4, 0.5) is 0 Å². The molecule has 0 unspecified atom stereocenters. The molecule has 2 amide bonds. The molecule has 0 saturated carbocycles. The van der Waals surface area contributed by atoms with Gasteiger partial charge in [0.1, 0.15) is 17.6 Å². The van der Waals surface area contributed by atoms with Gasteiger partial charge in [-0.05, 0) is 31.4 Å². The van der Waals surface area contributed by atoms with E-state index in [9.17, 15) is 9.59 Å². The quantitative estimate of drug-likeness (QED) is 0.293. The van der Waals surface area contributed by atoms with Crippen molar-refractivity contribution in [2.45, 2.75) is 38.4 Å². The highest BCUT2D eigenvalue weighted by molar-refractivity contribution is 5.95. The summed E-state index contributed by atoms with van der Waals surface area (Å²) in [5, 5.41) is 12.9. The van der Waals surface area contributed by atoms with Crippen molar-refractivity contribution >= 4 is 17.6 Å². The van der Waals surface area contributed by atoms with Crippen LogP contribution >= 0.6 is 0 Å². The summed E-state index contributed by atoms with van der Waals surface area (Å²) < 4.78 is 5.30. The predicted molar refractivity (Wildman–Crippen MR) is 116 cm³/mol. The first-order valence-corrected chi connectivity index (χ1v) is 9.70. The van der Waals surface area contributed by atoms with Crippen LogP contribution in [0.3, 0.4) is 0 Å². The third-order valence-corrected chi connectivity index (χ3v) is 4.73. The molecule has 8 nitrogen and oxygen atoms in total. The van der Waals surface area contributed by atoms with E-state index in [1.54, 1.807) is 25.1 Å². The maximum atomic E-state index is 12.4. The Kier molecular flexibility index (Phi) is 8.37. The monoisotopic (exact) mass is 411 g/mol. The first kappa shape index (κ1) is 22.9. The number of nitrogen functional groups attached to an aromatic ring is 1. The third-order valence-electron chi connectivity index (χ3n) is 4.73. The lowest BCUT2D eigenvalue weighted by Crippen LogP contribution is -2.50. The Labute approximate surface area is 176 Å². The number of amidine groups is 1. The van der Waals surface area contributed by atoms with Gasteiger partial charge in [-0.3, -0.25) is 15.0 Å². The van der Waals surface area contributed by atoms with Crippen molar-refractivity contribution < 1.29 is 14.3 Å². The Morgan fingerprint density at radius 2 is 1.83 bits per heavy atom. The number of methoxy groups -OCH3 is 1. The molecule has 0 saturated heterocycles. The van der Waals surface area contributed by atoms with Gasteiger partial charge in [-0.2, -0.15) is 0 Å². The Morgan fingerprint density at radius 1 is 1.13 bits per heavy atom. The molecular formula is C22H29N5O3. The number of nitrogens with two attached hydrogens (primary N) is 2. The van der Waals surface area contributed by atoms with Gasteiger partial charge in [0.25, 0.3) is 0 Å². The van der Waals surface area contributed by atoms with Crippen molar-refractivity contribution in [3.8, 4) is 5.75 Å². The second kappa shape index (κ2) is 11.0. The van der Waals surface area contributed by atoms with Crippen LogP contribution in [-0.2, 0) is 22.6 Å². The summed E-state index contributed by atoms with van der Waals surface area (Å²) in [4.78, 5) is 24.7. The standard InChI is InChI=1S/C22H29N5O3/c1-14(27-22(29)18(23)11-8-15-6-4-3-5-7-15)21(28)26-13-17-10-9-16(20(24)25)12-19(17)30-2/h3-7,9-10,12,14,18H,8,11,13,23H2,1-2H3,(H3,24,25)(H,26,28)(H,27,29)/t14-,18+/m0/s1. The number of ether oxygens (including phenoxy) is 1. The summed E-state index contributed by atoms with van der Waals surface area (Å²) in [5.41, 5.74) is 13.8. The summed E-state index contributed by atoms with van der Waals surface area (Å²) in [6, 6.07) is 13.4. The van der Waals surface area contributed by atoms with Crippen LogP contribution in [0.5, 0.6) is 5.75 Å². The second-order valence-electron chi connectivity index (χ2n) is 7.02. The minimum absolute atomic E-state index is 0.0659. The van der Waals surface area contributed by atoms with Gasteiger partial charge >= 0.3 is 0 Å². The summed E-state index contributed by atoms with van der Waals surface area (Å²) in [7, 11) is 1.50. The lowest BCUT2D eigenvalue weighted by Gasteiger charge is -2.18. The Hall–Kier alpha value is -3.39. The maximum absolute atomic E-state index is 12.4. The molecule has 0 aliphatic rings. The molecule has 0 radical (unpaired) electrons. The van der Waals surface area contributed by atoms with Crippen molar-refractivity contribution in [3.63, 3.8) is 0 Å². The van der Waals surface area contributed by atoms with Gasteiger partial charge in [0.2, 0.25) is 11.8 Å². The number of amides is 2. The Morgan fingerprint density at radius 3 is 2.47 bits per heavy atom. The molecule has 0 aliphatic carbocycles. The highest BCUT2D eigenvalue weighted by Gasteiger charge is 2.20. The average Bonchev–Trinajstić information content (AvgIpc) is 2.75. The molecule has 0 fully saturated rings. The van der Waals surface area contributed by atoms with Crippen molar-refractivity contribution in [3.05, 3.63) is 65.2 Å². The van der Waals surface area contributed by atoms with Gasteiger partial charge in [-0.15, -0.1) is 0 Å². The Balaban J connectivity index is 1.84. The van der Waals surface area contributed by atoms with Gasteiger partial charge in [-0.1, -0.05) is 42.5 Å². The first-order valence-electron chi connectivity index (χ1n) is 9.70. The zero-order chi connectivity index (χ0) is 22.1. The average molecular weight is 412 g/mol. The molecular weight excluding hydrogens is 382 g/mol. The van der Waals surface area contributed by atoms with Crippen LogP contribution in [0.15, 0.2) is 48.5 Å². The number of rotatable bonds is 10. The molecule has 2 aromatic carbocycles. The van der Waals surface area contributed by atoms with Crippen molar-refractivity contribution in [1.29, 1.82) is 5.41 Å². The van der Waals surface area contributed by atoms with Crippen molar-refractivity contribution in [2.75, 3.05) is 7.11 Å². The fourth-order valence-electron chi connectivity index (χ4n) is 2.88. The van der Waals surface area contributed by atoms with E-state index in [-0.39, 0.29) is 24.2 Å². The predicted octanol–water partition coefficient (Wildman–Crippen LogP) is 1.06. The summed E-state index contributed by atoms with van der Waals surface area (Å²) in [6.45, 7) is 1.81. The maximum Gasteiger partial charge on any atom is 0.242 e. The lowest BCUT2D eigenvalue weighted by atomic mass is 10.1. The zero-order valence-electron chi connectivity index (χ0n) is 17.3. The minimum Gasteiger partial charge on any atom is -0.496 e. The number of benzene rings is 2. The number of aryl methyl sites for hydroxylation is 1. The largest absolute Gasteiger partial charge is 0.496 e. The Bertz CT molecular complexity index is 886. The molecule has 0 bridgehead atoms. The molecule has 0 spiro atoms. The van der Waals surface area contributed by atoms with E-state index in [0.717, 1.165) is 11.1 Å². The second-order valence-corrected chi connectivity index (χ2v) is 7.02. The van der Waals surface area contributed by atoms with E-state index < -0.39 is 12.1 Å². The van der Waals surface area contributed by atoms with Crippen LogP contribution in [0, 0.1) is 5.41 Å². The highest BCUT2D eigenvalue weighted by atomic mass is 16.5. The highest BCUT2D eigenvalue weighted by Crippen LogP contribution is 2.20. The van der Waals surface area contributed by atoms with Crippen molar-refractivity contribution in [2.24, 2.45) is 11.5 Å². The van der Waals surface area contributed by atoms with Gasteiger partial charge in [0.15, 0.2) is 0 Å². The normalized spacial score (nSPS) is 12.5. The number of nitrogens with one attached hydrogen (secondary N) is 3. The molecule has 2 rings (SSSR count). The number of hydrogen-bond acceptors (Lipinski definition) is 5. The molecule has 2 aromatic rings. The van der Waals surface area contributed by atoms with E-state index in [1.165, 1.54) is 7.11 Å². The van der Waals surface area contributed by atoms with Gasteiger partial charge in [-0.25, -0.2) is 0 Å². The smallest absolute Gasteiger partial charge is 0.242 e. The van der Waals surface area contributed by atoms with Crippen LogP contribution in [0.25, 0.3) is 0 Å². The third kappa shape index (κ3) is 6.59. The molecule has 8 heteroatoms. The molecule has 0 aliphatic heterocycles. The van der Waals surface area contributed by atoms with E-state index in [0.29, 0.717) is 24.2 Å². The number of carbonyl (C=O) groups excluding carboxylic acids is 2. The summed E-state index contributed by atoms with van der Waals surface area (Å²) in [5.74, 6) is -0.250. The van der Waals surface area contributed by atoms with Gasteiger partial charge < -0.3 is 26.8 Å². The number of hydrogen-bond donors (Lipinski definition) is 5. The topological polar surface area (TPSA) is 143 Å². The molecule has 160 valence electrons. The molecule has 0 aromatic heterocycles. The lowest BCUT2D eigenvalue weighted by molar-refractivity contribution is -0.129. The van der Waals surface area contributed by atoms with E-state index in [4.69, 9.17) is 21.6 Å². The molecule has 7 N–H and O–H groups in total. The van der Waals surface area contributed by atoms with Crippen molar-refractivity contribution in [1.82, 2.24) is 10.6 Å². The minimum atomic E-state index is -0.734. The SMILES string of the molecule is COc1cc(C(=N)N)ccc1CNC(=O)[C@H](C)NC(=O)[C@H](N)CCc1ccccc1. The number of carbonyl (C=O) groups is 2. The van der Waals surface area contributed by atoms with Crippen LogP contribution in [-0.4, -0.2) is 36.8 Å².